The molecule has 2 aromatic carbocycles. The summed E-state index contributed by atoms with van der Waals surface area (Å²) in [4.78, 5) is 52.7. The van der Waals surface area contributed by atoms with E-state index >= 15 is 0 Å². The maximum Gasteiger partial charge on any atom is 0.255 e. The Morgan fingerprint density at radius 1 is 1.08 bits per heavy atom. The third-order valence-corrected chi connectivity index (χ3v) is 7.59. The maximum atomic E-state index is 13.1. The van der Waals surface area contributed by atoms with E-state index in [0.717, 1.165) is 16.7 Å². The lowest BCUT2D eigenvalue weighted by atomic mass is 9.56. The largest absolute Gasteiger partial charge is 0.495 e. The van der Waals surface area contributed by atoms with Gasteiger partial charge in [-0.3, -0.25) is 24.5 Å². The van der Waals surface area contributed by atoms with Crippen LogP contribution < -0.4 is 10.1 Å². The van der Waals surface area contributed by atoms with Gasteiger partial charge in [-0.2, -0.15) is 0 Å². The Balaban J connectivity index is 1.31. The minimum absolute atomic E-state index is 0.0177. The summed E-state index contributed by atoms with van der Waals surface area (Å²) in [6.07, 6.45) is 0.527. The second-order valence-corrected chi connectivity index (χ2v) is 10.2. The zero-order chi connectivity index (χ0) is 26.3. The topological polar surface area (TPSA) is 105 Å². The molecule has 0 aromatic heterocycles. The Morgan fingerprint density at radius 3 is 2.54 bits per heavy atom. The molecule has 37 heavy (non-hydrogen) atoms. The fraction of sp³-hybridized carbons (Fsp3) is 0.360. The number of hydrogen-bond acceptors (Lipinski definition) is 6. The number of hydrogen-bond donors (Lipinski definition) is 1. The Kier molecular flexibility index (Phi) is 6.62. The van der Waals surface area contributed by atoms with Crippen molar-refractivity contribution in [2.45, 2.75) is 36.8 Å². The van der Waals surface area contributed by atoms with Crippen molar-refractivity contribution in [2.75, 3.05) is 19.8 Å². The van der Waals surface area contributed by atoms with Gasteiger partial charge in [0.05, 0.1) is 19.2 Å². The third kappa shape index (κ3) is 4.66. The molecule has 188 valence electrons. The second-order valence-electron chi connectivity index (χ2n) is 10.2. The van der Waals surface area contributed by atoms with Gasteiger partial charge >= 0.3 is 0 Å². The molecule has 2 unspecified atom stereocenters. The molecule has 0 saturated carbocycles. The lowest BCUT2D eigenvalue weighted by Crippen LogP contribution is -2.55. The van der Waals surface area contributed by atoms with Crippen LogP contribution in [0.1, 0.15) is 45.9 Å². The number of fused-ring (bicyclic) bond motifs is 1. The van der Waals surface area contributed by atoms with Crippen molar-refractivity contribution in [3.63, 3.8) is 0 Å². The van der Waals surface area contributed by atoms with Gasteiger partial charge in [0.15, 0.2) is 7.85 Å². The zero-order valence-corrected chi connectivity index (χ0v) is 21.3. The van der Waals surface area contributed by atoms with Crippen molar-refractivity contribution in [3.05, 3.63) is 64.7 Å². The highest BCUT2D eigenvalue weighted by Gasteiger charge is 2.40. The number of ether oxygens (including phenoxy) is 2. The Bertz CT molecular complexity index is 1270. The zero-order valence-electron chi connectivity index (χ0n) is 21.3. The molecule has 0 radical (unpaired) electrons. The first kappa shape index (κ1) is 25.1. The normalized spacial score (nSPS) is 21.0. The first-order valence-electron chi connectivity index (χ1n) is 12.6. The van der Waals surface area contributed by atoms with Crippen LogP contribution in [-0.4, -0.2) is 82.8 Å². The fourth-order valence-corrected chi connectivity index (χ4v) is 5.35. The first-order valence-corrected chi connectivity index (χ1v) is 12.6. The number of imide groups is 1. The van der Waals surface area contributed by atoms with Crippen LogP contribution in [-0.2, 0) is 31.0 Å². The van der Waals surface area contributed by atoms with E-state index in [1.165, 1.54) is 4.90 Å². The first-order chi connectivity index (χ1) is 17.7. The molecule has 2 atom stereocenters. The van der Waals surface area contributed by atoms with Gasteiger partial charge in [0.25, 0.3) is 5.91 Å². The Hall–Kier alpha value is -3.53. The van der Waals surface area contributed by atoms with E-state index in [1.807, 2.05) is 58.8 Å². The monoisotopic (exact) mass is 499 g/mol. The van der Waals surface area contributed by atoms with Gasteiger partial charge in [-0.25, -0.2) is 0 Å². The quantitative estimate of drug-likeness (QED) is 0.380. The summed E-state index contributed by atoms with van der Waals surface area (Å²) >= 11 is 0. The van der Waals surface area contributed by atoms with Crippen molar-refractivity contribution < 1.29 is 28.7 Å². The molecule has 5 rings (SSSR count). The van der Waals surface area contributed by atoms with Gasteiger partial charge in [-0.05, 0) is 29.7 Å². The predicted octanol–water partition coefficient (Wildman–Crippen LogP) is -1.61. The molecule has 3 aliphatic heterocycles. The molecular weight excluding hydrogens is 471 g/mol. The highest BCUT2D eigenvalue weighted by molar-refractivity contribution is 6.40. The number of nitrogens with one attached hydrogen (secondary N) is 1. The number of benzene rings is 2. The minimum atomic E-state index is -0.669. The highest BCUT2D eigenvalue weighted by atomic mass is 16.5. The predicted molar refractivity (Wildman–Crippen MR) is 142 cm³/mol. The van der Waals surface area contributed by atoms with E-state index < -0.39 is 17.3 Å². The van der Waals surface area contributed by atoms with Gasteiger partial charge < -0.3 is 19.3 Å². The van der Waals surface area contributed by atoms with E-state index in [9.17, 15) is 19.2 Å². The molecule has 3 aliphatic rings. The summed E-state index contributed by atoms with van der Waals surface area (Å²) in [5, 5.41) is 1.86. The van der Waals surface area contributed by atoms with Gasteiger partial charge in [-0.15, -0.1) is 0 Å². The van der Waals surface area contributed by atoms with Crippen LogP contribution in [0, 0.1) is 0 Å². The maximum absolute atomic E-state index is 13.1. The number of carbonyl (C=O) groups excluding carboxylic acids is 4. The smallest absolute Gasteiger partial charge is 0.255 e. The molecule has 3 heterocycles. The van der Waals surface area contributed by atoms with Crippen molar-refractivity contribution >= 4 is 47.2 Å². The average Bonchev–Trinajstić information content (AvgIpc) is 3.21. The van der Waals surface area contributed by atoms with E-state index in [2.05, 4.69) is 5.32 Å². The number of amides is 4. The molecule has 4 amide bonds. The van der Waals surface area contributed by atoms with Gasteiger partial charge in [0.2, 0.25) is 17.7 Å². The number of morpholine rings is 1. The molecule has 0 aliphatic carbocycles. The number of nitrogens with zero attached hydrogens (tertiary/aromatic N) is 2. The molecule has 0 spiro atoms. The summed E-state index contributed by atoms with van der Waals surface area (Å²) < 4.78 is 11.6. The SMILES string of the molecule is BC(Oc1cccc2c1CN(C1CCC(=O)NC1=O)C2=O)c1ccc(C(B)(B)N2CCOCC2=O)cc1. The molecule has 2 saturated heterocycles. The second kappa shape index (κ2) is 9.74. The number of piperidine rings is 1. The van der Waals surface area contributed by atoms with Crippen LogP contribution in [0.25, 0.3) is 0 Å². The molecule has 2 fully saturated rings. The van der Waals surface area contributed by atoms with Crippen LogP contribution >= 0.6 is 0 Å². The lowest BCUT2D eigenvalue weighted by Gasteiger charge is -2.42. The highest BCUT2D eigenvalue weighted by Crippen LogP contribution is 2.35. The van der Waals surface area contributed by atoms with E-state index in [0.29, 0.717) is 30.9 Å². The standard InChI is InChI=1S/C25H28B3N3O6/c26-22(14-4-6-15(7-5-14)25(27,28)31-10-11-36-13-21(31)33)37-19-3-1-2-16-17(19)12-30(24(16)35)18-8-9-20(32)29-23(18)34/h1-7,18,22H,8-13,26-28H2,(H,29,32,34). The molecule has 9 nitrogen and oxygen atoms in total. The lowest BCUT2D eigenvalue weighted by molar-refractivity contribution is -0.145. The van der Waals surface area contributed by atoms with E-state index in [1.54, 1.807) is 12.1 Å². The third-order valence-electron chi connectivity index (χ3n) is 7.59. The van der Waals surface area contributed by atoms with Crippen molar-refractivity contribution in [1.82, 2.24) is 15.1 Å². The van der Waals surface area contributed by atoms with Crippen molar-refractivity contribution in [2.24, 2.45) is 0 Å². The number of rotatable bonds is 6. The van der Waals surface area contributed by atoms with Crippen LogP contribution in [0.4, 0.5) is 0 Å². The summed E-state index contributed by atoms with van der Waals surface area (Å²) in [6.45, 7) is 1.45. The van der Waals surface area contributed by atoms with Gasteiger partial charge in [-0.1, -0.05) is 30.3 Å². The summed E-state index contributed by atoms with van der Waals surface area (Å²) in [7, 11) is 6.01. The fourth-order valence-electron chi connectivity index (χ4n) is 5.35. The Morgan fingerprint density at radius 2 is 1.84 bits per heavy atom. The number of carbonyl (C=O) groups is 4. The van der Waals surface area contributed by atoms with E-state index in [-0.39, 0.29) is 43.3 Å². The molecule has 12 heteroatoms. The van der Waals surface area contributed by atoms with Crippen LogP contribution in [0.5, 0.6) is 5.75 Å². The summed E-state index contributed by atoms with van der Waals surface area (Å²) in [6, 6.07) is 12.4. The summed E-state index contributed by atoms with van der Waals surface area (Å²) in [5.41, 5.74) is 3.23. The van der Waals surface area contributed by atoms with Gasteiger partial charge in [0, 0.05) is 29.4 Å². The molecule has 0 bridgehead atoms. The van der Waals surface area contributed by atoms with Crippen LogP contribution in [0.3, 0.4) is 0 Å². The van der Waals surface area contributed by atoms with E-state index in [4.69, 9.17) is 9.47 Å². The molecule has 1 N–H and O–H groups in total. The minimum Gasteiger partial charge on any atom is -0.495 e. The Labute approximate surface area is 218 Å². The van der Waals surface area contributed by atoms with Crippen molar-refractivity contribution in [1.29, 1.82) is 0 Å². The van der Waals surface area contributed by atoms with Crippen LogP contribution in [0.2, 0.25) is 0 Å². The summed E-state index contributed by atoms with van der Waals surface area (Å²) in [5.74, 6) is -0.400. The molecule has 2 aromatic rings. The van der Waals surface area contributed by atoms with Crippen LogP contribution in [0.15, 0.2) is 42.5 Å². The average molecular weight is 499 g/mol. The molecular formula is C25H28B3N3O6. The van der Waals surface area contributed by atoms with Crippen molar-refractivity contribution in [3.8, 4) is 5.75 Å². The van der Waals surface area contributed by atoms with Gasteiger partial charge in [0.1, 0.15) is 34.1 Å².